The smallest absolute Gasteiger partial charge is 0.134 e. The van der Waals surface area contributed by atoms with E-state index in [1.54, 1.807) is 0 Å². The van der Waals surface area contributed by atoms with E-state index in [1.165, 1.54) is 22.3 Å². The van der Waals surface area contributed by atoms with Gasteiger partial charge < -0.3 is 4.42 Å². The van der Waals surface area contributed by atoms with Crippen molar-refractivity contribution in [3.8, 4) is 0 Å². The lowest BCUT2D eigenvalue weighted by atomic mass is 9.95. The number of aryl methyl sites for hydroxylation is 1. The fourth-order valence-corrected chi connectivity index (χ4v) is 2.95. The minimum absolute atomic E-state index is 0.915. The number of rotatable bonds is 3. The Hall–Kier alpha value is -3.06. The molecule has 0 amide bonds. The maximum Gasteiger partial charge on any atom is 0.134 e. The molecule has 0 N–H and O–H groups in total. The maximum atomic E-state index is 5.77. The molecule has 0 spiro atoms. The van der Waals surface area contributed by atoms with Crippen molar-refractivity contribution in [2.75, 3.05) is 0 Å². The average molecular weight is 310 g/mol. The van der Waals surface area contributed by atoms with E-state index in [0.717, 1.165) is 16.5 Å². The third-order valence-corrected chi connectivity index (χ3v) is 4.24. The molecule has 0 aliphatic rings. The van der Waals surface area contributed by atoms with Crippen molar-refractivity contribution in [2.45, 2.75) is 6.92 Å². The van der Waals surface area contributed by atoms with Crippen molar-refractivity contribution in [1.29, 1.82) is 0 Å². The third kappa shape index (κ3) is 2.77. The van der Waals surface area contributed by atoms with E-state index in [-0.39, 0.29) is 0 Å². The maximum absolute atomic E-state index is 5.77. The molecule has 3 aromatic carbocycles. The van der Waals surface area contributed by atoms with Gasteiger partial charge in [0.15, 0.2) is 0 Å². The van der Waals surface area contributed by atoms with E-state index in [0.29, 0.717) is 0 Å². The summed E-state index contributed by atoms with van der Waals surface area (Å²) in [6.45, 7) is 2.11. The summed E-state index contributed by atoms with van der Waals surface area (Å²) in [6, 6.07) is 27.2. The highest BCUT2D eigenvalue weighted by atomic mass is 16.3. The SMILES string of the molecule is Cc1ccc(/C(=C/c2ccccc2)c2coc3ccccc23)cc1. The largest absolute Gasteiger partial charge is 0.464 e. The van der Waals surface area contributed by atoms with Gasteiger partial charge in [-0.1, -0.05) is 78.4 Å². The van der Waals surface area contributed by atoms with Crippen LogP contribution in [0.5, 0.6) is 0 Å². The van der Waals surface area contributed by atoms with E-state index >= 15 is 0 Å². The number of furan rings is 1. The van der Waals surface area contributed by atoms with Crippen molar-refractivity contribution in [3.63, 3.8) is 0 Å². The molecule has 0 atom stereocenters. The fourth-order valence-electron chi connectivity index (χ4n) is 2.95. The van der Waals surface area contributed by atoms with E-state index in [4.69, 9.17) is 4.42 Å². The second-order valence-electron chi connectivity index (χ2n) is 5.98. The number of benzene rings is 3. The summed E-state index contributed by atoms with van der Waals surface area (Å²) in [5.74, 6) is 0. The Balaban J connectivity index is 1.93. The molecule has 0 fully saturated rings. The van der Waals surface area contributed by atoms with Crippen molar-refractivity contribution in [3.05, 3.63) is 107 Å². The van der Waals surface area contributed by atoms with E-state index < -0.39 is 0 Å². The molecular weight excluding hydrogens is 292 g/mol. The number of fused-ring (bicyclic) bond motifs is 1. The molecule has 0 aliphatic carbocycles. The Morgan fingerprint density at radius 3 is 2.29 bits per heavy atom. The predicted molar refractivity (Wildman–Crippen MR) is 101 cm³/mol. The summed E-state index contributed by atoms with van der Waals surface area (Å²) in [6.07, 6.45) is 4.08. The average Bonchev–Trinajstić information content (AvgIpc) is 3.05. The molecule has 0 bridgehead atoms. The lowest BCUT2D eigenvalue weighted by Crippen LogP contribution is -1.88. The van der Waals surface area contributed by atoms with Gasteiger partial charge >= 0.3 is 0 Å². The van der Waals surface area contributed by atoms with Gasteiger partial charge in [-0.3, -0.25) is 0 Å². The lowest BCUT2D eigenvalue weighted by molar-refractivity contribution is 0.615. The summed E-state index contributed by atoms with van der Waals surface area (Å²) in [7, 11) is 0. The first-order valence-corrected chi connectivity index (χ1v) is 8.12. The molecule has 116 valence electrons. The third-order valence-electron chi connectivity index (χ3n) is 4.24. The molecule has 24 heavy (non-hydrogen) atoms. The molecule has 0 aliphatic heterocycles. The van der Waals surface area contributed by atoms with E-state index in [1.807, 2.05) is 24.5 Å². The van der Waals surface area contributed by atoms with Gasteiger partial charge in [0.05, 0.1) is 6.26 Å². The van der Waals surface area contributed by atoms with Crippen LogP contribution in [-0.2, 0) is 0 Å². The van der Waals surface area contributed by atoms with Crippen LogP contribution in [0.3, 0.4) is 0 Å². The molecule has 4 aromatic rings. The van der Waals surface area contributed by atoms with Gasteiger partial charge in [0.25, 0.3) is 0 Å². The second kappa shape index (κ2) is 6.21. The van der Waals surface area contributed by atoms with Crippen LogP contribution in [0.15, 0.2) is 89.5 Å². The highest BCUT2D eigenvalue weighted by Gasteiger charge is 2.12. The van der Waals surface area contributed by atoms with Gasteiger partial charge in [-0.2, -0.15) is 0 Å². The molecule has 0 saturated carbocycles. The van der Waals surface area contributed by atoms with Gasteiger partial charge in [-0.25, -0.2) is 0 Å². The molecule has 0 saturated heterocycles. The predicted octanol–water partition coefficient (Wildman–Crippen LogP) is 6.33. The molecular formula is C23H18O. The minimum atomic E-state index is 0.915. The van der Waals surface area contributed by atoms with Crippen LogP contribution in [0.4, 0.5) is 0 Å². The quantitative estimate of drug-likeness (QED) is 0.403. The number of hydrogen-bond acceptors (Lipinski definition) is 1. The van der Waals surface area contributed by atoms with Crippen molar-refractivity contribution in [1.82, 2.24) is 0 Å². The molecule has 0 radical (unpaired) electrons. The van der Waals surface area contributed by atoms with Gasteiger partial charge in [-0.15, -0.1) is 0 Å². The van der Waals surface area contributed by atoms with Gasteiger partial charge in [0, 0.05) is 10.9 Å². The number of para-hydroxylation sites is 1. The minimum Gasteiger partial charge on any atom is -0.464 e. The van der Waals surface area contributed by atoms with Crippen molar-refractivity contribution >= 4 is 22.6 Å². The van der Waals surface area contributed by atoms with Crippen LogP contribution in [0.1, 0.15) is 22.3 Å². The Morgan fingerprint density at radius 2 is 1.50 bits per heavy atom. The van der Waals surface area contributed by atoms with Crippen LogP contribution in [0, 0.1) is 6.92 Å². The summed E-state index contributed by atoms with van der Waals surface area (Å²) in [4.78, 5) is 0. The monoisotopic (exact) mass is 310 g/mol. The van der Waals surface area contributed by atoms with Crippen molar-refractivity contribution in [2.24, 2.45) is 0 Å². The lowest BCUT2D eigenvalue weighted by Gasteiger charge is -2.08. The van der Waals surface area contributed by atoms with Gasteiger partial charge in [0.2, 0.25) is 0 Å². The Labute approximate surface area is 141 Å². The zero-order valence-corrected chi connectivity index (χ0v) is 13.6. The van der Waals surface area contributed by atoms with Crippen LogP contribution in [-0.4, -0.2) is 0 Å². The van der Waals surface area contributed by atoms with Crippen LogP contribution in [0.2, 0.25) is 0 Å². The van der Waals surface area contributed by atoms with Crippen LogP contribution in [0.25, 0.3) is 22.6 Å². The van der Waals surface area contributed by atoms with Gasteiger partial charge in [-0.05, 0) is 35.8 Å². The summed E-state index contributed by atoms with van der Waals surface area (Å²) in [5.41, 5.74) is 6.84. The first kappa shape index (κ1) is 14.5. The Morgan fingerprint density at radius 1 is 0.792 bits per heavy atom. The highest BCUT2D eigenvalue weighted by molar-refractivity contribution is 6.01. The summed E-state index contributed by atoms with van der Waals surface area (Å²) in [5, 5.41) is 1.14. The van der Waals surface area contributed by atoms with Crippen molar-refractivity contribution < 1.29 is 4.42 Å². The summed E-state index contributed by atoms with van der Waals surface area (Å²) < 4.78 is 5.77. The molecule has 1 nitrogen and oxygen atoms in total. The second-order valence-corrected chi connectivity index (χ2v) is 5.98. The first-order valence-electron chi connectivity index (χ1n) is 8.12. The zero-order chi connectivity index (χ0) is 16.4. The van der Waals surface area contributed by atoms with Crippen LogP contribution < -0.4 is 0 Å². The molecule has 1 aromatic heterocycles. The van der Waals surface area contributed by atoms with E-state index in [2.05, 4.69) is 73.7 Å². The Kier molecular flexibility index (Phi) is 3.76. The highest BCUT2D eigenvalue weighted by Crippen LogP contribution is 2.33. The fraction of sp³-hybridized carbons (Fsp3) is 0.0435. The molecule has 0 unspecified atom stereocenters. The van der Waals surface area contributed by atoms with Crippen LogP contribution >= 0.6 is 0 Å². The standard InChI is InChI=1S/C23H18O/c1-17-11-13-19(14-12-17)21(15-18-7-3-2-4-8-18)22-16-24-23-10-6-5-9-20(22)23/h2-16H,1H3/b21-15-. The molecule has 1 heteroatoms. The topological polar surface area (TPSA) is 13.1 Å². The Bertz CT molecular complexity index is 989. The summed E-state index contributed by atoms with van der Waals surface area (Å²) >= 11 is 0. The zero-order valence-electron chi connectivity index (χ0n) is 13.6. The normalized spacial score (nSPS) is 11.8. The van der Waals surface area contributed by atoms with Gasteiger partial charge in [0.1, 0.15) is 5.58 Å². The molecule has 1 heterocycles. The number of hydrogen-bond donors (Lipinski definition) is 0. The molecule has 4 rings (SSSR count). The van der Waals surface area contributed by atoms with E-state index in [9.17, 15) is 0 Å². The first-order chi connectivity index (χ1) is 11.8.